The third-order valence-electron chi connectivity index (χ3n) is 8.09. The van der Waals surface area contributed by atoms with Crippen LogP contribution in [0.3, 0.4) is 0 Å². The molecule has 0 fully saturated rings. The average Bonchev–Trinajstić information content (AvgIpc) is 3.09. The van der Waals surface area contributed by atoms with Gasteiger partial charge < -0.3 is 24.4 Å². The summed E-state index contributed by atoms with van der Waals surface area (Å²) >= 11 is 0. The van der Waals surface area contributed by atoms with Gasteiger partial charge in [0.25, 0.3) is 0 Å². The van der Waals surface area contributed by atoms with Crippen molar-refractivity contribution in [2.24, 2.45) is 0 Å². The highest BCUT2D eigenvalue weighted by molar-refractivity contribution is 7.46. The van der Waals surface area contributed by atoms with E-state index < -0.39 is 38.6 Å². The molecule has 0 spiro atoms. The van der Waals surface area contributed by atoms with Crippen LogP contribution in [-0.4, -0.2) is 52.3 Å². The van der Waals surface area contributed by atoms with Crippen LogP contribution in [0.5, 0.6) is 0 Å². The number of unbranched alkanes of at least 4 members (excludes halogenated alkanes) is 15. The number of ether oxygens (including phenoxy) is 2. The average molecular weight is 739 g/mol. The van der Waals surface area contributed by atoms with Crippen LogP contribution in [0.15, 0.2) is 60.8 Å². The number of hydrogen-bond donors (Lipinski definition) is 3. The molecule has 0 aromatic carbocycles. The summed E-state index contributed by atoms with van der Waals surface area (Å²) in [5.74, 6) is -1.02. The molecule has 0 aliphatic heterocycles. The van der Waals surface area contributed by atoms with Crippen LogP contribution in [-0.2, 0) is 28.2 Å². The molecule has 2 atom stereocenters. The molecule has 3 N–H and O–H groups in total. The quantitative estimate of drug-likeness (QED) is 0.0190. The van der Waals surface area contributed by atoms with E-state index in [1.807, 2.05) is 18.2 Å². The molecular weight excluding hydrogens is 667 g/mol. The molecule has 0 heterocycles. The largest absolute Gasteiger partial charge is 0.469 e. The van der Waals surface area contributed by atoms with Crippen molar-refractivity contribution in [3.05, 3.63) is 60.8 Å². The maximum Gasteiger partial charge on any atom is 0.469 e. The first-order valence-corrected chi connectivity index (χ1v) is 21.2. The van der Waals surface area contributed by atoms with E-state index in [4.69, 9.17) is 19.3 Å². The fraction of sp³-hybridized carbons (Fsp3) is 0.707. The fourth-order valence-corrected chi connectivity index (χ4v) is 5.45. The predicted octanol–water partition coefficient (Wildman–Crippen LogP) is 10.7. The minimum Gasteiger partial charge on any atom is -0.462 e. The van der Waals surface area contributed by atoms with E-state index in [1.54, 1.807) is 12.2 Å². The second-order valence-corrected chi connectivity index (χ2v) is 14.3. The summed E-state index contributed by atoms with van der Waals surface area (Å²) in [4.78, 5) is 42.7. The topological polar surface area (TPSA) is 140 Å². The molecule has 0 aromatic rings. The number of hydrogen-bond acceptors (Lipinski definition) is 7. The first-order chi connectivity index (χ1) is 24.7. The minimum atomic E-state index is -4.79. The lowest BCUT2D eigenvalue weighted by molar-refractivity contribution is -0.161. The number of aliphatic hydroxyl groups excluding tert-OH is 1. The maximum atomic E-state index is 12.4. The molecule has 51 heavy (non-hydrogen) atoms. The highest BCUT2D eigenvalue weighted by Crippen LogP contribution is 2.36. The Kier molecular flexibility index (Phi) is 34.5. The zero-order valence-corrected chi connectivity index (χ0v) is 32.7. The molecule has 294 valence electrons. The summed E-state index contributed by atoms with van der Waals surface area (Å²) in [6.45, 7) is 3.50. The number of carbonyl (C=O) groups is 2. The van der Waals surface area contributed by atoms with E-state index in [9.17, 15) is 19.3 Å². The Hall–Kier alpha value is -2.29. The van der Waals surface area contributed by atoms with Crippen molar-refractivity contribution >= 4 is 19.8 Å². The monoisotopic (exact) mass is 738 g/mol. The Morgan fingerprint density at radius 1 is 0.608 bits per heavy atom. The van der Waals surface area contributed by atoms with Crippen LogP contribution in [0, 0.1) is 0 Å². The van der Waals surface area contributed by atoms with Crippen LogP contribution < -0.4 is 0 Å². The van der Waals surface area contributed by atoms with Gasteiger partial charge in [0.2, 0.25) is 0 Å². The number of allylic oxidation sites excluding steroid dienone is 8. The molecular formula is C41H71O9P. The van der Waals surface area contributed by atoms with Gasteiger partial charge in [0.1, 0.15) is 6.61 Å². The van der Waals surface area contributed by atoms with Crippen molar-refractivity contribution < 1.29 is 43.0 Å². The molecule has 0 radical (unpaired) electrons. The highest BCUT2D eigenvalue weighted by Gasteiger charge is 2.22. The molecule has 0 saturated carbocycles. The van der Waals surface area contributed by atoms with Gasteiger partial charge in [-0.2, -0.15) is 0 Å². The molecule has 0 bridgehead atoms. The third-order valence-corrected chi connectivity index (χ3v) is 8.57. The van der Waals surface area contributed by atoms with Crippen molar-refractivity contribution in [3.8, 4) is 0 Å². The molecule has 0 aliphatic rings. The summed E-state index contributed by atoms with van der Waals surface area (Å²) in [7, 11) is -4.79. The first kappa shape index (κ1) is 48.7. The van der Waals surface area contributed by atoms with E-state index in [1.165, 1.54) is 70.6 Å². The second kappa shape index (κ2) is 36.1. The maximum absolute atomic E-state index is 12.4. The Balaban J connectivity index is 4.16. The molecule has 0 saturated heterocycles. The third kappa shape index (κ3) is 38.8. The van der Waals surface area contributed by atoms with Crippen molar-refractivity contribution in [2.45, 2.75) is 174 Å². The zero-order valence-electron chi connectivity index (χ0n) is 31.8. The Morgan fingerprint density at radius 2 is 1.14 bits per heavy atom. The smallest absolute Gasteiger partial charge is 0.462 e. The van der Waals surface area contributed by atoms with E-state index in [0.717, 1.165) is 38.5 Å². The van der Waals surface area contributed by atoms with Gasteiger partial charge in [0.15, 0.2) is 6.10 Å². The summed E-state index contributed by atoms with van der Waals surface area (Å²) in [6, 6.07) is 0. The van der Waals surface area contributed by atoms with E-state index >= 15 is 0 Å². The van der Waals surface area contributed by atoms with Crippen LogP contribution in [0.1, 0.15) is 162 Å². The lowest BCUT2D eigenvalue weighted by Gasteiger charge is -2.18. The van der Waals surface area contributed by atoms with Crippen molar-refractivity contribution in [2.75, 3.05) is 13.2 Å². The van der Waals surface area contributed by atoms with Crippen molar-refractivity contribution in [1.29, 1.82) is 0 Å². The van der Waals surface area contributed by atoms with Crippen LogP contribution in [0.2, 0.25) is 0 Å². The summed E-state index contributed by atoms with van der Waals surface area (Å²) in [5.41, 5.74) is 0. The zero-order chi connectivity index (χ0) is 37.7. The van der Waals surface area contributed by atoms with Gasteiger partial charge in [-0.1, -0.05) is 139 Å². The molecule has 0 rings (SSSR count). The number of rotatable bonds is 35. The van der Waals surface area contributed by atoms with E-state index in [0.29, 0.717) is 25.7 Å². The molecule has 1 unspecified atom stereocenters. The number of aliphatic hydroxyl groups is 1. The Morgan fingerprint density at radius 3 is 1.80 bits per heavy atom. The first-order valence-electron chi connectivity index (χ1n) is 19.7. The molecule has 9 nitrogen and oxygen atoms in total. The van der Waals surface area contributed by atoms with Crippen LogP contribution in [0.25, 0.3) is 0 Å². The van der Waals surface area contributed by atoms with Gasteiger partial charge in [-0.25, -0.2) is 4.57 Å². The molecule has 0 amide bonds. The fourth-order valence-electron chi connectivity index (χ4n) is 5.09. The highest BCUT2D eigenvalue weighted by atomic mass is 31.2. The predicted molar refractivity (Wildman–Crippen MR) is 208 cm³/mol. The number of phosphoric acid groups is 1. The van der Waals surface area contributed by atoms with Crippen molar-refractivity contribution in [3.63, 3.8) is 0 Å². The molecule has 10 heteroatoms. The Bertz CT molecular complexity index is 1030. The number of carbonyl (C=O) groups excluding carboxylic acids is 2. The van der Waals surface area contributed by atoms with Gasteiger partial charge in [0.05, 0.1) is 12.7 Å². The van der Waals surface area contributed by atoms with Gasteiger partial charge in [-0.3, -0.25) is 14.1 Å². The molecule has 0 aliphatic carbocycles. The lowest BCUT2D eigenvalue weighted by Crippen LogP contribution is -2.29. The molecule has 0 aromatic heterocycles. The standard InChI is InChI=1S/C41H71O9P/c1-3-5-7-9-11-13-14-15-16-17-18-20-22-26-30-34-40(43)48-36-39(37-49-51(45,46)47)50-41(44)35-31-27-23-25-29-33-38(42)32-28-24-21-19-12-10-8-6-4-2/h12-14,19,23-25,28-29,33,38-39,42H,3-11,15-18,20-22,26-27,30-32,34-37H2,1-2H3,(H2,45,46,47)/b14-13-,19-12-,25-23+,28-24-,33-29-/t38?,39-/m1/s1. The van der Waals surface area contributed by atoms with Gasteiger partial charge in [0, 0.05) is 12.8 Å². The normalized spacial score (nSPS) is 13.7. The summed E-state index contributed by atoms with van der Waals surface area (Å²) < 4.78 is 26.2. The van der Waals surface area contributed by atoms with Crippen molar-refractivity contribution in [1.82, 2.24) is 0 Å². The van der Waals surface area contributed by atoms with Crippen LogP contribution >= 0.6 is 7.82 Å². The van der Waals surface area contributed by atoms with E-state index in [-0.39, 0.29) is 19.4 Å². The van der Waals surface area contributed by atoms with Crippen LogP contribution in [0.4, 0.5) is 0 Å². The lowest BCUT2D eigenvalue weighted by atomic mass is 10.1. The summed E-state index contributed by atoms with van der Waals surface area (Å²) in [6.07, 6.45) is 41.1. The Labute approximate surface area is 309 Å². The summed E-state index contributed by atoms with van der Waals surface area (Å²) in [5, 5.41) is 10.1. The minimum absolute atomic E-state index is 0.0741. The SMILES string of the molecule is CCCCC/C=C\C/C=C\CC(O)/C=C\C=C\CCCC(=O)O[C@H](COC(=O)CCCCCCCCC/C=C\CCCCCC)COP(=O)(O)O. The van der Waals surface area contributed by atoms with E-state index in [2.05, 4.69) is 48.8 Å². The van der Waals surface area contributed by atoms with Gasteiger partial charge in [-0.05, 0) is 70.6 Å². The number of esters is 2. The second-order valence-electron chi connectivity index (χ2n) is 13.1. The number of phosphoric ester groups is 1. The van der Waals surface area contributed by atoms with Gasteiger partial charge >= 0.3 is 19.8 Å². The van der Waals surface area contributed by atoms with Gasteiger partial charge in [-0.15, -0.1) is 0 Å².